The summed E-state index contributed by atoms with van der Waals surface area (Å²) in [6, 6.07) is -1.28. The van der Waals surface area contributed by atoms with E-state index in [-0.39, 0.29) is 23.5 Å². The Morgan fingerprint density at radius 1 is 1.07 bits per heavy atom. The summed E-state index contributed by atoms with van der Waals surface area (Å²) in [6.45, 7) is -5.26. The Labute approximate surface area is 257 Å². The van der Waals surface area contributed by atoms with Crippen molar-refractivity contribution in [1.82, 2.24) is 29.1 Å². The second kappa shape index (κ2) is 11.3. The van der Waals surface area contributed by atoms with Crippen LogP contribution in [-0.2, 0) is 39.2 Å². The van der Waals surface area contributed by atoms with E-state index in [0.29, 0.717) is 17.9 Å². The van der Waals surface area contributed by atoms with Crippen molar-refractivity contribution in [3.8, 4) is 0 Å². The second-order valence-electron chi connectivity index (χ2n) is 11.1. The van der Waals surface area contributed by atoms with Crippen LogP contribution in [0.2, 0.25) is 0 Å². The molecular weight excluding hydrogens is 660 g/mol. The highest BCUT2D eigenvalue weighted by Gasteiger charge is 2.53. The third-order valence-electron chi connectivity index (χ3n) is 8.22. The van der Waals surface area contributed by atoms with Gasteiger partial charge in [0, 0.05) is 18.6 Å². The molecule has 2 saturated heterocycles. The first-order valence-corrected chi connectivity index (χ1v) is 17.8. The van der Waals surface area contributed by atoms with Gasteiger partial charge in [0.1, 0.15) is 30.1 Å². The number of phosphoric ester groups is 1. The summed E-state index contributed by atoms with van der Waals surface area (Å²) in [4.78, 5) is 53.3. The van der Waals surface area contributed by atoms with E-state index in [9.17, 15) is 29.4 Å². The number of imidazole rings is 2. The Bertz CT molecular complexity index is 1820. The van der Waals surface area contributed by atoms with Crippen LogP contribution in [0.4, 0.5) is 11.8 Å². The van der Waals surface area contributed by atoms with Crippen LogP contribution in [0.3, 0.4) is 0 Å². The van der Waals surface area contributed by atoms with E-state index in [0.717, 1.165) is 0 Å². The fourth-order valence-electron chi connectivity index (χ4n) is 6.09. The molecule has 5 unspecified atom stereocenters. The molecule has 244 valence electrons. The molecule has 2 bridgehead atoms. The van der Waals surface area contributed by atoms with Gasteiger partial charge in [-0.1, -0.05) is 0 Å². The molecule has 1 saturated carbocycles. The minimum atomic E-state index is -4.91. The largest absolute Gasteiger partial charge is 0.472 e. The Morgan fingerprint density at radius 3 is 2.64 bits per heavy atom. The molecule has 3 fully saturated rings. The average Bonchev–Trinajstić information content (AvgIpc) is 3.72. The first kappa shape index (κ1) is 31.1. The average molecular weight is 690 g/mol. The molecule has 0 amide bonds. The van der Waals surface area contributed by atoms with Gasteiger partial charge in [0.25, 0.3) is 5.56 Å². The number of hydrogen-bond acceptors (Lipinski definition) is 16. The second-order valence-corrected chi connectivity index (χ2v) is 15.3. The Morgan fingerprint density at radius 2 is 1.84 bits per heavy atom. The number of aromatic nitrogens is 6. The summed E-state index contributed by atoms with van der Waals surface area (Å²) in [6.07, 6.45) is -3.50. The zero-order valence-corrected chi connectivity index (χ0v) is 25.6. The van der Waals surface area contributed by atoms with E-state index >= 15 is 0 Å². The first-order valence-electron chi connectivity index (χ1n) is 13.7. The number of aliphatic hydroxyl groups is 2. The maximum atomic E-state index is 13.2. The normalized spacial score (nSPS) is 40.4. The van der Waals surface area contributed by atoms with E-state index in [1.165, 1.54) is 21.8 Å². The lowest BCUT2D eigenvalue weighted by Gasteiger charge is -2.28. The number of aliphatic imine (C=N–C) groups is 1. The number of nitrogens with two attached hydrogens (primary N) is 2. The fraction of sp³-hybridized carbons (Fsp3) is 0.591. The SMILES string of the molecule is Nc1nc2c(ncn2[C@@H]2C[C@@H]3COP(=O)(O)OC4[C@@H](COP(O)(=S)O[C@H]2C3O)O[C@@H](n2cnc3c2N=CCC3N)[C@H]4O)c(=O)[nH]1. The van der Waals surface area contributed by atoms with Gasteiger partial charge in [0.2, 0.25) is 5.95 Å². The summed E-state index contributed by atoms with van der Waals surface area (Å²) in [5.74, 6) is -0.725. The van der Waals surface area contributed by atoms with Crippen molar-refractivity contribution in [2.75, 3.05) is 18.9 Å². The maximum Gasteiger partial charge on any atom is 0.472 e. The van der Waals surface area contributed by atoms with Crippen molar-refractivity contribution >= 4 is 55.5 Å². The number of H-pyrrole nitrogens is 1. The lowest BCUT2D eigenvalue weighted by atomic mass is 10.1. The number of aliphatic hydroxyl groups excluding tert-OH is 2. The molecule has 3 aromatic heterocycles. The van der Waals surface area contributed by atoms with Crippen molar-refractivity contribution in [1.29, 1.82) is 0 Å². The predicted octanol–water partition coefficient (Wildman–Crippen LogP) is -0.981. The molecule has 11 atom stereocenters. The molecule has 9 N–H and O–H groups in total. The van der Waals surface area contributed by atoms with Gasteiger partial charge in [-0.2, -0.15) is 4.98 Å². The number of phosphoric acid groups is 1. The van der Waals surface area contributed by atoms with Crippen molar-refractivity contribution < 1.29 is 47.4 Å². The molecule has 6 heterocycles. The highest BCUT2D eigenvalue weighted by atomic mass is 32.5. The van der Waals surface area contributed by atoms with Gasteiger partial charge in [-0.3, -0.25) is 23.4 Å². The molecule has 0 radical (unpaired) electrons. The van der Waals surface area contributed by atoms with Gasteiger partial charge >= 0.3 is 14.5 Å². The Balaban J connectivity index is 1.20. The summed E-state index contributed by atoms with van der Waals surface area (Å²) in [7, 11) is -4.91. The molecule has 20 nitrogen and oxygen atoms in total. The van der Waals surface area contributed by atoms with Crippen LogP contribution in [0.25, 0.3) is 11.2 Å². The van der Waals surface area contributed by atoms with Crippen molar-refractivity contribution in [2.45, 2.75) is 61.7 Å². The van der Waals surface area contributed by atoms with E-state index in [1.807, 2.05) is 0 Å². The van der Waals surface area contributed by atoms with Crippen LogP contribution in [-0.4, -0.2) is 99.0 Å². The summed E-state index contributed by atoms with van der Waals surface area (Å²) < 4.78 is 44.1. The van der Waals surface area contributed by atoms with Crippen molar-refractivity contribution in [3.05, 3.63) is 28.7 Å². The molecule has 7 rings (SSSR count). The lowest BCUT2D eigenvalue weighted by Crippen LogP contribution is -2.36. The molecule has 1 aliphatic carbocycles. The summed E-state index contributed by atoms with van der Waals surface area (Å²) >= 11 is 5.28. The molecule has 3 aromatic rings. The quantitative estimate of drug-likeness (QED) is 0.159. The smallest absolute Gasteiger partial charge is 0.390 e. The van der Waals surface area contributed by atoms with E-state index in [2.05, 4.69) is 24.9 Å². The van der Waals surface area contributed by atoms with Crippen LogP contribution in [0.1, 0.15) is 36.8 Å². The minimum absolute atomic E-state index is 0.0370. The van der Waals surface area contributed by atoms with Gasteiger partial charge in [-0.25, -0.2) is 19.5 Å². The number of anilines is 1. The number of nitrogens with one attached hydrogen (secondary N) is 1. The number of fused-ring (bicyclic) bond motifs is 5. The molecule has 4 aliphatic rings. The lowest BCUT2D eigenvalue weighted by molar-refractivity contribution is -0.0525. The third-order valence-corrected chi connectivity index (χ3v) is 10.8. The molecule has 45 heavy (non-hydrogen) atoms. The molecule has 23 heteroatoms. The number of nitrogen functional groups attached to an aromatic ring is 1. The van der Waals surface area contributed by atoms with Gasteiger partial charge < -0.3 is 49.8 Å². The van der Waals surface area contributed by atoms with Crippen molar-refractivity contribution in [3.63, 3.8) is 0 Å². The van der Waals surface area contributed by atoms with Crippen LogP contribution >= 0.6 is 14.5 Å². The van der Waals surface area contributed by atoms with E-state index in [4.69, 9.17) is 46.1 Å². The highest BCUT2D eigenvalue weighted by Crippen LogP contribution is 2.55. The van der Waals surface area contributed by atoms with Crippen LogP contribution in [0.15, 0.2) is 22.4 Å². The highest BCUT2D eigenvalue weighted by molar-refractivity contribution is 8.07. The zero-order chi connectivity index (χ0) is 31.8. The standard InChI is InChI=1S/C22H29N9O11P2S/c23-9-1-2-25-18-12(9)26-7-31(18)21-15(33)17-11(40-21)5-39-44(37,45)42-16-10(3-8(14(16)32)4-38-43(35,36)41-17)30-6-27-13-19(30)28-22(24)29-20(13)34/h2,6-11,14-17,21,32-33H,1,3-5,23H2,(H,35,36)(H,37,45)(H3,24,28,29,34)/t8-,9?,10-,11-,14?,15+,16-,17?,21-,44?/m1/s1. The van der Waals surface area contributed by atoms with Crippen LogP contribution in [0.5, 0.6) is 0 Å². The number of aromatic amines is 1. The summed E-state index contributed by atoms with van der Waals surface area (Å²) in [5, 5.41) is 22.5. The van der Waals surface area contributed by atoms with Gasteiger partial charge in [-0.15, -0.1) is 0 Å². The Kier molecular flexibility index (Phi) is 7.84. The monoisotopic (exact) mass is 689 g/mol. The number of hydrogen-bond donors (Lipinski definition) is 7. The fourth-order valence-corrected chi connectivity index (χ4v) is 8.55. The molecule has 0 spiro atoms. The molecular formula is C22H29N9O11P2S. The van der Waals surface area contributed by atoms with Gasteiger partial charge in [0.05, 0.1) is 44.1 Å². The zero-order valence-electron chi connectivity index (χ0n) is 23.0. The van der Waals surface area contributed by atoms with Crippen LogP contribution < -0.4 is 17.0 Å². The van der Waals surface area contributed by atoms with Gasteiger partial charge in [-0.05, 0) is 18.2 Å². The predicted molar refractivity (Wildman–Crippen MR) is 156 cm³/mol. The van der Waals surface area contributed by atoms with E-state index in [1.54, 1.807) is 6.21 Å². The third kappa shape index (κ3) is 5.61. The Hall–Kier alpha value is -2.49. The number of ether oxygens (including phenoxy) is 1. The van der Waals surface area contributed by atoms with Crippen molar-refractivity contribution in [2.24, 2.45) is 16.6 Å². The van der Waals surface area contributed by atoms with Crippen LogP contribution in [0, 0.1) is 5.92 Å². The van der Waals surface area contributed by atoms with Gasteiger partial charge in [0.15, 0.2) is 23.2 Å². The van der Waals surface area contributed by atoms with E-state index < -0.39 is 88.1 Å². The first-order chi connectivity index (χ1) is 21.3. The number of nitrogens with zero attached hydrogens (tertiary/aromatic N) is 6. The number of rotatable bonds is 2. The minimum Gasteiger partial charge on any atom is -0.390 e. The molecule has 0 aromatic carbocycles. The molecule has 3 aliphatic heterocycles. The maximum absolute atomic E-state index is 13.2. The topological polar surface area (TPSA) is 290 Å². The summed E-state index contributed by atoms with van der Waals surface area (Å²) in [5.41, 5.74) is 11.8.